The number of nitrogens with zero attached hydrogens (tertiary/aromatic N) is 2. The molecule has 2 heterocycles. The van der Waals surface area contributed by atoms with Gasteiger partial charge in [0.15, 0.2) is 0 Å². The summed E-state index contributed by atoms with van der Waals surface area (Å²) < 4.78 is 79.5. The summed E-state index contributed by atoms with van der Waals surface area (Å²) in [7, 11) is 0. The molecule has 15 heteroatoms. The van der Waals surface area contributed by atoms with E-state index < -0.39 is 42.7 Å². The zero-order chi connectivity index (χ0) is 27.3. The van der Waals surface area contributed by atoms with Crippen LogP contribution in [0.15, 0.2) is 35.5 Å². The molecule has 1 unspecified atom stereocenters. The van der Waals surface area contributed by atoms with Crippen LogP contribution in [0.1, 0.15) is 17.5 Å². The third kappa shape index (κ3) is 5.55. The summed E-state index contributed by atoms with van der Waals surface area (Å²) in [5.74, 6) is -1.39. The maximum atomic E-state index is 14.2. The predicted octanol–water partition coefficient (Wildman–Crippen LogP) is 7.00. The fraction of sp³-hybridized carbons (Fsp3) is 0.364. The van der Waals surface area contributed by atoms with Crippen molar-refractivity contribution in [3.05, 3.63) is 61.5 Å². The van der Waals surface area contributed by atoms with Gasteiger partial charge >= 0.3 is 12.4 Å². The number of benzene rings is 2. The largest absolute Gasteiger partial charge is 0.435 e. The van der Waals surface area contributed by atoms with Crippen molar-refractivity contribution in [2.45, 2.75) is 24.4 Å². The second-order valence-corrected chi connectivity index (χ2v) is 10.1. The van der Waals surface area contributed by atoms with E-state index in [1.165, 1.54) is 18.2 Å². The normalized spacial score (nSPS) is 20.4. The topological polar surface area (TPSA) is 53.9 Å². The average molecular weight is 609 g/mol. The fourth-order valence-electron chi connectivity index (χ4n) is 3.96. The van der Waals surface area contributed by atoms with Gasteiger partial charge in [0.2, 0.25) is 5.91 Å². The molecule has 0 aliphatic carbocycles. The maximum Gasteiger partial charge on any atom is 0.435 e. The number of carbonyl (C=O) groups is 1. The average Bonchev–Trinajstić information content (AvgIpc) is 3.22. The van der Waals surface area contributed by atoms with E-state index in [0.29, 0.717) is 5.69 Å². The van der Waals surface area contributed by atoms with Crippen molar-refractivity contribution < 1.29 is 36.0 Å². The molecule has 0 radical (unpaired) electrons. The highest BCUT2D eigenvalue weighted by atomic mass is 35.5. The number of anilines is 1. The molecule has 2 aromatic rings. The highest BCUT2D eigenvalue weighted by Crippen LogP contribution is 2.51. The second-order valence-electron chi connectivity index (χ2n) is 8.49. The van der Waals surface area contributed by atoms with Gasteiger partial charge in [-0.2, -0.15) is 26.3 Å². The lowest BCUT2D eigenvalue weighted by Gasteiger charge is -2.40. The van der Waals surface area contributed by atoms with Crippen molar-refractivity contribution in [1.82, 2.24) is 5.32 Å². The molecule has 0 bridgehead atoms. The number of amides is 1. The van der Waals surface area contributed by atoms with Crippen LogP contribution < -0.4 is 10.2 Å². The van der Waals surface area contributed by atoms with Crippen LogP contribution in [0.5, 0.6) is 0 Å². The molecule has 2 aromatic carbocycles. The summed E-state index contributed by atoms with van der Waals surface area (Å²) in [5, 5.41) is 5.18. The number of nitrogens with one attached hydrogen (secondary N) is 1. The van der Waals surface area contributed by atoms with E-state index in [1.54, 1.807) is 4.90 Å². The molecule has 2 aliphatic heterocycles. The van der Waals surface area contributed by atoms with Crippen LogP contribution in [0.25, 0.3) is 0 Å². The minimum Gasteiger partial charge on any atom is -0.374 e. The van der Waals surface area contributed by atoms with Crippen molar-refractivity contribution >= 4 is 63.7 Å². The van der Waals surface area contributed by atoms with Crippen molar-refractivity contribution in [2.75, 3.05) is 24.5 Å². The van der Waals surface area contributed by atoms with Gasteiger partial charge in [0, 0.05) is 30.6 Å². The Morgan fingerprint density at radius 2 is 1.65 bits per heavy atom. The molecule has 1 atom stereocenters. The minimum absolute atomic E-state index is 0.0408. The van der Waals surface area contributed by atoms with E-state index in [-0.39, 0.29) is 50.0 Å². The van der Waals surface area contributed by atoms with Crippen molar-refractivity contribution in [2.24, 2.45) is 11.1 Å². The SMILES string of the molecule is O=C(NCC(F)(F)F)C1CN(c2ccc(C3=NOC(c4cc(Cl)c(Cl)c(Cl)c4)(C(F)(F)F)C3)cc2Cl)C1. The van der Waals surface area contributed by atoms with E-state index in [0.717, 1.165) is 12.1 Å². The van der Waals surface area contributed by atoms with Gasteiger partial charge in [0.05, 0.1) is 37.4 Å². The quantitative estimate of drug-likeness (QED) is 0.294. The zero-order valence-corrected chi connectivity index (χ0v) is 21.3. The molecule has 4 rings (SSSR count). The second kappa shape index (κ2) is 9.91. The van der Waals surface area contributed by atoms with Crippen LogP contribution in [-0.4, -0.2) is 43.6 Å². The Labute approximate surface area is 226 Å². The van der Waals surface area contributed by atoms with Gasteiger partial charge in [0.25, 0.3) is 5.60 Å². The minimum atomic E-state index is -4.90. The summed E-state index contributed by atoms with van der Waals surface area (Å²) in [6.07, 6.45) is -10.1. The number of hydrogen-bond donors (Lipinski definition) is 1. The first-order valence-electron chi connectivity index (χ1n) is 10.5. The van der Waals surface area contributed by atoms with Gasteiger partial charge in [-0.1, -0.05) is 57.6 Å². The smallest absolute Gasteiger partial charge is 0.374 e. The standard InChI is InChI=1S/C22H15Cl4F6N3O2/c23-13-3-10(1-2-17(13)35-7-11(8-35)19(36)33-9-21(27,28)29)16-6-20(37-34-16,22(30,31)32)12-4-14(24)18(26)15(25)5-12/h1-5,11H,6-9H2,(H,33,36). The molecule has 2 aliphatic rings. The van der Waals surface area contributed by atoms with Gasteiger partial charge in [0.1, 0.15) is 6.54 Å². The van der Waals surface area contributed by atoms with Crippen molar-refractivity contribution in [1.29, 1.82) is 0 Å². The predicted molar refractivity (Wildman–Crippen MR) is 128 cm³/mol. The summed E-state index contributed by atoms with van der Waals surface area (Å²) in [6, 6.07) is 6.43. The van der Waals surface area contributed by atoms with E-state index >= 15 is 0 Å². The number of alkyl halides is 6. The third-order valence-corrected chi connectivity index (χ3v) is 7.47. The Bertz CT molecular complexity index is 1240. The van der Waals surface area contributed by atoms with Crippen molar-refractivity contribution in [3.8, 4) is 0 Å². The molecular weight excluding hydrogens is 594 g/mol. The Morgan fingerprint density at radius 1 is 1.03 bits per heavy atom. The Hall–Kier alpha value is -2.08. The lowest BCUT2D eigenvalue weighted by molar-refractivity contribution is -0.275. The number of carbonyl (C=O) groups excluding carboxylic acids is 1. The molecule has 0 spiro atoms. The van der Waals surface area contributed by atoms with Gasteiger partial charge in [-0.25, -0.2) is 0 Å². The maximum absolute atomic E-state index is 14.2. The van der Waals surface area contributed by atoms with E-state index in [2.05, 4.69) is 5.16 Å². The first-order valence-corrected chi connectivity index (χ1v) is 12.0. The number of rotatable bonds is 5. The summed E-state index contributed by atoms with van der Waals surface area (Å²) in [6.45, 7) is -1.17. The zero-order valence-electron chi connectivity index (χ0n) is 18.3. The monoisotopic (exact) mass is 607 g/mol. The Balaban J connectivity index is 1.49. The Morgan fingerprint density at radius 3 is 2.19 bits per heavy atom. The van der Waals surface area contributed by atoms with E-state index in [4.69, 9.17) is 51.2 Å². The summed E-state index contributed by atoms with van der Waals surface area (Å²) >= 11 is 24.1. The highest BCUT2D eigenvalue weighted by Gasteiger charge is 2.62. The van der Waals surface area contributed by atoms with Gasteiger partial charge in [-0.3, -0.25) is 4.79 Å². The number of oxime groups is 1. The van der Waals surface area contributed by atoms with Crippen LogP contribution in [0.4, 0.5) is 32.0 Å². The Kier molecular flexibility index (Phi) is 7.48. The molecule has 200 valence electrons. The highest BCUT2D eigenvalue weighted by molar-refractivity contribution is 6.48. The van der Waals surface area contributed by atoms with Crippen LogP contribution >= 0.6 is 46.4 Å². The molecule has 0 aromatic heterocycles. The molecule has 1 fully saturated rings. The molecule has 0 saturated carbocycles. The summed E-state index contributed by atoms with van der Waals surface area (Å²) in [5.41, 5.74) is -2.56. The van der Waals surface area contributed by atoms with Gasteiger partial charge < -0.3 is 15.1 Å². The van der Waals surface area contributed by atoms with Crippen LogP contribution in [0.2, 0.25) is 20.1 Å². The van der Waals surface area contributed by atoms with Gasteiger partial charge in [-0.15, -0.1) is 0 Å². The van der Waals surface area contributed by atoms with Gasteiger partial charge in [-0.05, 0) is 24.3 Å². The third-order valence-electron chi connectivity index (χ3n) is 5.97. The van der Waals surface area contributed by atoms with Crippen LogP contribution in [0.3, 0.4) is 0 Å². The lowest BCUT2D eigenvalue weighted by atomic mass is 9.86. The van der Waals surface area contributed by atoms with E-state index in [9.17, 15) is 31.1 Å². The molecule has 1 saturated heterocycles. The number of hydrogen-bond acceptors (Lipinski definition) is 4. The fourth-order valence-corrected chi connectivity index (χ4v) is 4.86. The molecule has 5 nitrogen and oxygen atoms in total. The lowest BCUT2D eigenvalue weighted by Crippen LogP contribution is -2.54. The van der Waals surface area contributed by atoms with Crippen LogP contribution in [0, 0.1) is 5.92 Å². The summed E-state index contributed by atoms with van der Waals surface area (Å²) in [4.78, 5) is 18.5. The molecule has 1 N–H and O–H groups in total. The van der Waals surface area contributed by atoms with Crippen LogP contribution in [-0.2, 0) is 15.2 Å². The molecular formula is C22H15Cl4F6N3O2. The van der Waals surface area contributed by atoms with E-state index in [1.807, 2.05) is 5.32 Å². The number of halogens is 10. The van der Waals surface area contributed by atoms with Crippen molar-refractivity contribution in [3.63, 3.8) is 0 Å². The molecule has 1 amide bonds. The molecule has 37 heavy (non-hydrogen) atoms. The first kappa shape index (κ1) is 27.9. The first-order chi connectivity index (χ1) is 17.1.